The maximum atomic E-state index is 6.49. The van der Waals surface area contributed by atoms with E-state index in [1.54, 1.807) is 0 Å². The third kappa shape index (κ3) is 2.56. The highest BCUT2D eigenvalue weighted by Crippen LogP contribution is 2.40. The molecule has 3 heteroatoms. The molecule has 0 spiro atoms. The molecule has 0 radical (unpaired) electrons. The van der Waals surface area contributed by atoms with Crippen LogP contribution in [0.2, 0.25) is 5.02 Å². The monoisotopic (exact) mass is 292 g/mol. The van der Waals surface area contributed by atoms with E-state index in [2.05, 4.69) is 35.3 Å². The van der Waals surface area contributed by atoms with Crippen molar-refractivity contribution in [3.05, 3.63) is 28.8 Å². The smallest absolute Gasteiger partial charge is 0.0474 e. The normalized spacial score (nSPS) is 27.4. The largest absolute Gasteiger partial charge is 0.368 e. The van der Waals surface area contributed by atoms with Crippen molar-refractivity contribution in [2.24, 2.45) is 5.92 Å². The van der Waals surface area contributed by atoms with E-state index in [0.29, 0.717) is 6.04 Å². The summed E-state index contributed by atoms with van der Waals surface area (Å²) in [5, 5.41) is 4.15. The van der Waals surface area contributed by atoms with Crippen molar-refractivity contribution >= 4 is 17.3 Å². The third-order valence-corrected chi connectivity index (χ3v) is 5.55. The molecule has 3 atom stereocenters. The lowest BCUT2D eigenvalue weighted by atomic mass is 9.85. The highest BCUT2D eigenvalue weighted by atomic mass is 35.5. The molecule has 1 saturated heterocycles. The van der Waals surface area contributed by atoms with Gasteiger partial charge in [0.1, 0.15) is 0 Å². The summed E-state index contributed by atoms with van der Waals surface area (Å²) < 4.78 is 0. The molecule has 1 aliphatic carbocycles. The van der Waals surface area contributed by atoms with Crippen LogP contribution in [0.3, 0.4) is 0 Å². The Kier molecular flexibility index (Phi) is 4.23. The number of anilines is 1. The maximum Gasteiger partial charge on any atom is 0.0474 e. The van der Waals surface area contributed by atoms with Gasteiger partial charge in [-0.05, 0) is 56.8 Å². The number of nitrogens with one attached hydrogen (secondary N) is 1. The molecule has 110 valence electrons. The molecular weight excluding hydrogens is 268 g/mol. The second-order valence-corrected chi connectivity index (χ2v) is 6.72. The Morgan fingerprint density at radius 1 is 1.25 bits per heavy atom. The molecule has 0 amide bonds. The van der Waals surface area contributed by atoms with Gasteiger partial charge in [-0.15, -0.1) is 0 Å². The zero-order valence-electron chi connectivity index (χ0n) is 12.5. The number of benzene rings is 1. The first-order valence-corrected chi connectivity index (χ1v) is 8.32. The van der Waals surface area contributed by atoms with E-state index in [0.717, 1.165) is 17.0 Å². The van der Waals surface area contributed by atoms with E-state index in [9.17, 15) is 0 Å². The topological polar surface area (TPSA) is 15.3 Å². The molecule has 20 heavy (non-hydrogen) atoms. The predicted molar refractivity (Wildman–Crippen MR) is 86.6 cm³/mol. The molecule has 3 rings (SSSR count). The van der Waals surface area contributed by atoms with Crippen LogP contribution in [-0.4, -0.2) is 19.6 Å². The number of nitrogens with zero attached hydrogens (tertiary/aromatic N) is 1. The van der Waals surface area contributed by atoms with Gasteiger partial charge in [-0.25, -0.2) is 0 Å². The fraction of sp³-hybridized carbons (Fsp3) is 0.647. The van der Waals surface area contributed by atoms with Gasteiger partial charge >= 0.3 is 0 Å². The summed E-state index contributed by atoms with van der Waals surface area (Å²) in [6, 6.07) is 7.67. The number of rotatable bonds is 3. The van der Waals surface area contributed by atoms with E-state index < -0.39 is 0 Å². The quantitative estimate of drug-likeness (QED) is 0.889. The Morgan fingerprint density at radius 3 is 2.80 bits per heavy atom. The minimum Gasteiger partial charge on any atom is -0.368 e. The first-order valence-electron chi connectivity index (χ1n) is 7.94. The van der Waals surface area contributed by atoms with Crippen molar-refractivity contribution in [1.29, 1.82) is 0 Å². The molecule has 1 aliphatic heterocycles. The van der Waals surface area contributed by atoms with Gasteiger partial charge in [-0.1, -0.05) is 30.5 Å². The lowest BCUT2D eigenvalue weighted by molar-refractivity contribution is 0.342. The summed E-state index contributed by atoms with van der Waals surface area (Å²) >= 11 is 6.49. The van der Waals surface area contributed by atoms with Crippen LogP contribution in [0.15, 0.2) is 18.2 Å². The fourth-order valence-corrected chi connectivity index (χ4v) is 4.27. The van der Waals surface area contributed by atoms with Gasteiger partial charge in [0.05, 0.1) is 0 Å². The minimum atomic E-state index is 0.303. The number of halogens is 1. The molecule has 0 bridgehead atoms. The van der Waals surface area contributed by atoms with Crippen LogP contribution in [0.25, 0.3) is 0 Å². The average Bonchev–Trinajstić information content (AvgIpc) is 2.90. The molecule has 1 aromatic carbocycles. The summed E-state index contributed by atoms with van der Waals surface area (Å²) in [7, 11) is 1.97. The van der Waals surface area contributed by atoms with Gasteiger partial charge in [0.15, 0.2) is 0 Å². The van der Waals surface area contributed by atoms with Gasteiger partial charge in [0.2, 0.25) is 0 Å². The van der Waals surface area contributed by atoms with Gasteiger partial charge in [0.25, 0.3) is 0 Å². The summed E-state index contributed by atoms with van der Waals surface area (Å²) in [5.41, 5.74) is 2.51. The van der Waals surface area contributed by atoms with Crippen LogP contribution in [0.4, 0.5) is 5.69 Å². The van der Waals surface area contributed by atoms with Crippen LogP contribution < -0.4 is 10.2 Å². The first kappa shape index (κ1) is 14.2. The van der Waals surface area contributed by atoms with Crippen LogP contribution in [0.1, 0.15) is 50.6 Å². The fourth-order valence-electron chi connectivity index (χ4n) is 3.93. The summed E-state index contributed by atoms with van der Waals surface area (Å²) in [6.07, 6.45) is 6.95. The zero-order valence-corrected chi connectivity index (χ0v) is 13.3. The standard InChI is InChI=1S/C17H25ClN2/c1-12(19-2)15-8-7-14(11-16(15)18)20-10-9-13-5-3-4-6-17(13)20/h7-8,11-13,17,19H,3-6,9-10H2,1-2H3. The zero-order chi connectivity index (χ0) is 14.1. The molecule has 1 N–H and O–H groups in total. The Balaban J connectivity index is 1.82. The number of fused-ring (bicyclic) bond motifs is 1. The highest BCUT2D eigenvalue weighted by Gasteiger charge is 2.35. The maximum absolute atomic E-state index is 6.49. The molecule has 3 unspecified atom stereocenters. The third-order valence-electron chi connectivity index (χ3n) is 5.23. The van der Waals surface area contributed by atoms with Crippen molar-refractivity contribution in [2.45, 2.75) is 51.1 Å². The molecule has 1 aromatic rings. The molecule has 1 saturated carbocycles. The Bertz CT molecular complexity index is 474. The van der Waals surface area contributed by atoms with Crippen molar-refractivity contribution < 1.29 is 0 Å². The molecular formula is C17H25ClN2. The van der Waals surface area contributed by atoms with Crippen LogP contribution in [0.5, 0.6) is 0 Å². The first-order chi connectivity index (χ1) is 9.70. The minimum absolute atomic E-state index is 0.303. The van der Waals surface area contributed by atoms with Gasteiger partial charge in [0, 0.05) is 29.3 Å². The number of hydrogen-bond acceptors (Lipinski definition) is 2. The van der Waals surface area contributed by atoms with Crippen molar-refractivity contribution in [2.75, 3.05) is 18.5 Å². The van der Waals surface area contributed by atoms with E-state index in [1.165, 1.54) is 49.9 Å². The Hall–Kier alpha value is -0.730. The number of hydrogen-bond donors (Lipinski definition) is 1. The van der Waals surface area contributed by atoms with Gasteiger partial charge < -0.3 is 10.2 Å². The van der Waals surface area contributed by atoms with E-state index in [4.69, 9.17) is 11.6 Å². The van der Waals surface area contributed by atoms with Crippen LogP contribution in [0, 0.1) is 5.92 Å². The van der Waals surface area contributed by atoms with Crippen LogP contribution >= 0.6 is 11.6 Å². The summed E-state index contributed by atoms with van der Waals surface area (Å²) in [4.78, 5) is 2.60. The van der Waals surface area contributed by atoms with E-state index in [1.807, 2.05) is 7.05 Å². The Morgan fingerprint density at radius 2 is 2.05 bits per heavy atom. The highest BCUT2D eigenvalue weighted by molar-refractivity contribution is 6.31. The Labute approximate surface area is 127 Å². The molecule has 1 heterocycles. The molecule has 2 aliphatic rings. The van der Waals surface area contributed by atoms with Gasteiger partial charge in [-0.2, -0.15) is 0 Å². The van der Waals surface area contributed by atoms with Crippen molar-refractivity contribution in [3.63, 3.8) is 0 Å². The van der Waals surface area contributed by atoms with Gasteiger partial charge in [-0.3, -0.25) is 0 Å². The molecule has 0 aromatic heterocycles. The van der Waals surface area contributed by atoms with Crippen LogP contribution in [-0.2, 0) is 0 Å². The molecule has 2 nitrogen and oxygen atoms in total. The second kappa shape index (κ2) is 5.95. The molecule has 2 fully saturated rings. The average molecular weight is 293 g/mol. The van der Waals surface area contributed by atoms with Crippen molar-refractivity contribution in [1.82, 2.24) is 5.32 Å². The summed E-state index contributed by atoms with van der Waals surface area (Å²) in [6.45, 7) is 3.35. The lowest BCUT2D eigenvalue weighted by Crippen LogP contribution is -2.34. The summed E-state index contributed by atoms with van der Waals surface area (Å²) in [5.74, 6) is 0.915. The van der Waals surface area contributed by atoms with E-state index >= 15 is 0 Å². The van der Waals surface area contributed by atoms with E-state index in [-0.39, 0.29) is 0 Å². The lowest BCUT2D eigenvalue weighted by Gasteiger charge is -2.33. The second-order valence-electron chi connectivity index (χ2n) is 6.31. The van der Waals surface area contributed by atoms with Crippen molar-refractivity contribution in [3.8, 4) is 0 Å². The predicted octanol–water partition coefficient (Wildman–Crippen LogP) is 4.39. The SMILES string of the molecule is CNC(C)c1ccc(N2CCC3CCCCC32)cc1Cl.